The van der Waals surface area contributed by atoms with Crippen molar-refractivity contribution < 1.29 is 19.4 Å². The lowest BCUT2D eigenvalue weighted by molar-refractivity contribution is -0.127. The zero-order chi connectivity index (χ0) is 17.7. The average Bonchev–Trinajstić information content (AvgIpc) is 2.56. The number of phenolic OH excluding ortho intramolecular Hbond substituents is 1. The van der Waals surface area contributed by atoms with E-state index in [4.69, 9.17) is 9.47 Å². The van der Waals surface area contributed by atoms with Crippen LogP contribution in [0.15, 0.2) is 12.1 Å². The molecular weight excluding hydrogens is 308 g/mol. The first kappa shape index (κ1) is 18.4. The minimum Gasteiger partial charge on any atom is -0.502 e. The molecule has 0 aromatic heterocycles. The number of rotatable bonds is 6. The second-order valence-electron chi connectivity index (χ2n) is 6.56. The van der Waals surface area contributed by atoms with Gasteiger partial charge in [0, 0.05) is 18.5 Å². The zero-order valence-electron chi connectivity index (χ0n) is 15.0. The van der Waals surface area contributed by atoms with Crippen molar-refractivity contribution in [2.45, 2.75) is 39.3 Å². The van der Waals surface area contributed by atoms with E-state index in [9.17, 15) is 9.90 Å². The van der Waals surface area contributed by atoms with Crippen molar-refractivity contribution in [2.24, 2.45) is 5.92 Å². The maximum atomic E-state index is 12.1. The molecule has 0 atom stereocenters. The van der Waals surface area contributed by atoms with Gasteiger partial charge in [-0.05, 0) is 57.5 Å². The third kappa shape index (κ3) is 4.54. The van der Waals surface area contributed by atoms with E-state index in [2.05, 4.69) is 10.2 Å². The first-order chi connectivity index (χ1) is 11.4. The van der Waals surface area contributed by atoms with E-state index in [1.807, 2.05) is 26.0 Å². The van der Waals surface area contributed by atoms with E-state index in [1.54, 1.807) is 0 Å². The summed E-state index contributed by atoms with van der Waals surface area (Å²) in [6.45, 7) is 6.46. The summed E-state index contributed by atoms with van der Waals surface area (Å²) >= 11 is 0. The second kappa shape index (κ2) is 8.24. The van der Waals surface area contributed by atoms with Crippen LogP contribution < -0.4 is 14.8 Å². The van der Waals surface area contributed by atoms with E-state index in [0.29, 0.717) is 11.5 Å². The van der Waals surface area contributed by atoms with Gasteiger partial charge in [0.1, 0.15) is 0 Å². The molecular formula is C18H28N2O4. The van der Waals surface area contributed by atoms with Crippen molar-refractivity contribution in [3.05, 3.63) is 17.7 Å². The van der Waals surface area contributed by atoms with Crippen LogP contribution in [-0.2, 0) is 11.3 Å². The number of methoxy groups -OCH3 is 2. The van der Waals surface area contributed by atoms with Gasteiger partial charge in [0.2, 0.25) is 11.7 Å². The van der Waals surface area contributed by atoms with Crippen LogP contribution in [0.5, 0.6) is 17.2 Å². The summed E-state index contributed by atoms with van der Waals surface area (Å²) in [6, 6.07) is 3.85. The Hall–Kier alpha value is -1.95. The van der Waals surface area contributed by atoms with Crippen LogP contribution in [0.1, 0.15) is 32.3 Å². The van der Waals surface area contributed by atoms with Crippen LogP contribution in [0, 0.1) is 5.92 Å². The number of aromatic hydroxyl groups is 1. The van der Waals surface area contributed by atoms with Crippen molar-refractivity contribution in [1.82, 2.24) is 10.2 Å². The highest BCUT2D eigenvalue weighted by Crippen LogP contribution is 2.37. The number of hydrogen-bond donors (Lipinski definition) is 2. The summed E-state index contributed by atoms with van der Waals surface area (Å²) in [7, 11) is 3.05. The Kier molecular flexibility index (Phi) is 6.31. The highest BCUT2D eigenvalue weighted by molar-refractivity contribution is 5.78. The van der Waals surface area contributed by atoms with Gasteiger partial charge in [-0.25, -0.2) is 0 Å². The predicted molar refractivity (Wildman–Crippen MR) is 92.5 cm³/mol. The van der Waals surface area contributed by atoms with Gasteiger partial charge in [-0.2, -0.15) is 0 Å². The second-order valence-corrected chi connectivity index (χ2v) is 6.56. The molecule has 1 aromatic carbocycles. The number of hydrogen-bond acceptors (Lipinski definition) is 5. The Labute approximate surface area is 143 Å². The van der Waals surface area contributed by atoms with E-state index in [0.717, 1.165) is 38.0 Å². The van der Waals surface area contributed by atoms with Crippen LogP contribution in [0.25, 0.3) is 0 Å². The third-order valence-electron chi connectivity index (χ3n) is 4.34. The van der Waals surface area contributed by atoms with Gasteiger partial charge in [0.05, 0.1) is 14.2 Å². The van der Waals surface area contributed by atoms with Gasteiger partial charge >= 0.3 is 0 Å². The summed E-state index contributed by atoms with van der Waals surface area (Å²) in [4.78, 5) is 14.4. The summed E-state index contributed by atoms with van der Waals surface area (Å²) in [5.74, 6) is 1.11. The van der Waals surface area contributed by atoms with Crippen molar-refractivity contribution in [3.63, 3.8) is 0 Å². The van der Waals surface area contributed by atoms with Crippen LogP contribution in [0.2, 0.25) is 0 Å². The molecule has 0 unspecified atom stereocenters. The molecule has 24 heavy (non-hydrogen) atoms. The maximum absolute atomic E-state index is 12.1. The number of carbonyl (C=O) groups excluding carboxylic acids is 1. The minimum atomic E-state index is 0.0211. The number of carbonyl (C=O) groups is 1. The molecule has 6 nitrogen and oxygen atoms in total. The molecule has 1 aromatic rings. The molecule has 1 aliphatic rings. The number of benzene rings is 1. The number of likely N-dealkylation sites (tertiary alicyclic amines) is 1. The summed E-state index contributed by atoms with van der Waals surface area (Å²) in [5, 5.41) is 13.0. The smallest absolute Gasteiger partial charge is 0.223 e. The normalized spacial score (nSPS) is 16.2. The fourth-order valence-electron chi connectivity index (χ4n) is 3.05. The van der Waals surface area contributed by atoms with Crippen LogP contribution in [0.4, 0.5) is 0 Å². The fourth-order valence-corrected chi connectivity index (χ4v) is 3.05. The quantitative estimate of drug-likeness (QED) is 0.833. The van der Waals surface area contributed by atoms with Crippen LogP contribution in [0.3, 0.4) is 0 Å². The Morgan fingerprint density at radius 2 is 1.79 bits per heavy atom. The van der Waals surface area contributed by atoms with Gasteiger partial charge in [0.15, 0.2) is 11.5 Å². The van der Waals surface area contributed by atoms with Crippen molar-refractivity contribution in [1.29, 1.82) is 0 Å². The summed E-state index contributed by atoms with van der Waals surface area (Å²) in [6.07, 6.45) is 1.73. The first-order valence-electron chi connectivity index (χ1n) is 8.41. The number of nitrogens with zero attached hydrogens (tertiary/aromatic N) is 1. The fraction of sp³-hybridized carbons (Fsp3) is 0.611. The topological polar surface area (TPSA) is 71.0 Å². The minimum absolute atomic E-state index is 0.0211. The van der Waals surface area contributed by atoms with Gasteiger partial charge in [-0.3, -0.25) is 9.69 Å². The monoisotopic (exact) mass is 336 g/mol. The molecule has 1 aliphatic heterocycles. The highest BCUT2D eigenvalue weighted by Gasteiger charge is 2.25. The molecule has 1 heterocycles. The zero-order valence-corrected chi connectivity index (χ0v) is 15.0. The van der Waals surface area contributed by atoms with Gasteiger partial charge in [-0.1, -0.05) is 0 Å². The molecule has 0 spiro atoms. The average molecular weight is 336 g/mol. The molecule has 1 fully saturated rings. The van der Waals surface area contributed by atoms with Gasteiger partial charge < -0.3 is 19.9 Å². The molecule has 0 bridgehead atoms. The van der Waals surface area contributed by atoms with Gasteiger partial charge in [-0.15, -0.1) is 0 Å². The molecule has 2 rings (SSSR count). The van der Waals surface area contributed by atoms with Crippen molar-refractivity contribution in [3.8, 4) is 17.2 Å². The van der Waals surface area contributed by atoms with Crippen molar-refractivity contribution in [2.75, 3.05) is 27.3 Å². The molecule has 0 aliphatic carbocycles. The summed E-state index contributed by atoms with van der Waals surface area (Å²) in [5.41, 5.74) is 1.02. The molecule has 1 amide bonds. The van der Waals surface area contributed by atoms with Gasteiger partial charge in [0.25, 0.3) is 0 Å². The molecule has 1 saturated heterocycles. The van der Waals surface area contributed by atoms with Crippen molar-refractivity contribution >= 4 is 5.91 Å². The highest BCUT2D eigenvalue weighted by atomic mass is 16.5. The molecule has 2 N–H and O–H groups in total. The Morgan fingerprint density at radius 3 is 2.25 bits per heavy atom. The molecule has 6 heteroatoms. The number of amides is 1. The number of ether oxygens (including phenoxy) is 2. The maximum Gasteiger partial charge on any atom is 0.223 e. The van der Waals surface area contributed by atoms with E-state index < -0.39 is 0 Å². The SMILES string of the molecule is COc1cc(CN2CCC(C(=O)NC(C)C)CC2)cc(OC)c1O. The lowest BCUT2D eigenvalue weighted by Crippen LogP contribution is -2.42. The van der Waals surface area contributed by atoms with Crippen LogP contribution >= 0.6 is 0 Å². The van der Waals surface area contributed by atoms with E-state index in [-0.39, 0.29) is 23.6 Å². The molecule has 0 radical (unpaired) electrons. The summed E-state index contributed by atoms with van der Waals surface area (Å²) < 4.78 is 10.4. The largest absolute Gasteiger partial charge is 0.502 e. The van der Waals surface area contributed by atoms with E-state index >= 15 is 0 Å². The Morgan fingerprint density at radius 1 is 1.25 bits per heavy atom. The first-order valence-corrected chi connectivity index (χ1v) is 8.41. The Bertz CT molecular complexity index is 541. The lowest BCUT2D eigenvalue weighted by Gasteiger charge is -2.31. The lowest BCUT2D eigenvalue weighted by atomic mass is 9.95. The number of piperidine rings is 1. The molecule has 134 valence electrons. The standard InChI is InChI=1S/C18H28N2O4/c1-12(2)19-18(22)14-5-7-20(8-6-14)11-13-9-15(23-3)17(21)16(10-13)24-4/h9-10,12,14,21H,5-8,11H2,1-4H3,(H,19,22). The predicted octanol–water partition coefficient (Wildman–Crippen LogP) is 2.15. The van der Waals surface area contributed by atoms with Crippen LogP contribution in [-0.4, -0.2) is 49.3 Å². The Balaban J connectivity index is 1.95. The van der Waals surface area contributed by atoms with E-state index in [1.165, 1.54) is 14.2 Å². The number of nitrogens with one attached hydrogen (secondary N) is 1. The molecule has 0 saturated carbocycles. The number of phenols is 1. The third-order valence-corrected chi connectivity index (χ3v) is 4.34.